The smallest absolute Gasteiger partial charge is 0.301 e. The topological polar surface area (TPSA) is 65.0 Å². The molecule has 0 saturated heterocycles. The van der Waals surface area contributed by atoms with Gasteiger partial charge in [-0.05, 0) is 13.3 Å². The average Bonchev–Trinajstić information content (AvgIpc) is 1.98. The third-order valence-electron chi connectivity index (χ3n) is 1.02. The minimum atomic E-state index is -3.95. The fourth-order valence-electron chi connectivity index (χ4n) is 0.492. The second-order valence-corrected chi connectivity index (χ2v) is 3.48. The van der Waals surface area contributed by atoms with Crippen LogP contribution in [0.1, 0.15) is 26.7 Å². The maximum absolute atomic E-state index is 10.8. The van der Waals surface area contributed by atoms with Crippen LogP contribution in [0.5, 0.6) is 0 Å². The Kier molecular flexibility index (Phi) is 16.8. The van der Waals surface area contributed by atoms with E-state index in [-0.39, 0.29) is 31.4 Å². The molecule has 0 rings (SSSR count). The van der Waals surface area contributed by atoms with Gasteiger partial charge in [0.05, 0.1) is 13.2 Å². The Labute approximate surface area is 96.5 Å². The van der Waals surface area contributed by atoms with Gasteiger partial charge in [0.1, 0.15) is 0 Å². The number of hydrogen-bond acceptors (Lipinski definition) is 4. The van der Waals surface area contributed by atoms with E-state index in [1.807, 2.05) is 6.92 Å². The highest BCUT2D eigenvalue weighted by atomic mass is 35.5. The van der Waals surface area contributed by atoms with Gasteiger partial charge >= 0.3 is 7.82 Å². The molecule has 0 aliphatic carbocycles. The Morgan fingerprint density at radius 3 is 2.29 bits per heavy atom. The maximum Gasteiger partial charge on any atom is 0.499 e. The van der Waals surface area contributed by atoms with E-state index in [2.05, 4.69) is 14.1 Å². The average molecular weight is 271 g/mol. The van der Waals surface area contributed by atoms with E-state index in [0.717, 1.165) is 12.8 Å². The van der Waals surface area contributed by atoms with Crippen LogP contribution in [-0.2, 0) is 18.7 Å². The molecular formula is C6H17Cl2O5P. The molecule has 1 atom stereocenters. The van der Waals surface area contributed by atoms with Gasteiger partial charge in [0, 0.05) is 0 Å². The molecule has 0 radical (unpaired) electrons. The van der Waals surface area contributed by atoms with Gasteiger partial charge in [-0.15, -0.1) is 29.5 Å². The predicted molar refractivity (Wildman–Crippen MR) is 57.9 cm³/mol. The van der Waals surface area contributed by atoms with E-state index >= 15 is 0 Å². The van der Waals surface area contributed by atoms with Crippen LogP contribution in [0.4, 0.5) is 0 Å². The van der Waals surface area contributed by atoms with Crippen LogP contribution >= 0.6 is 32.6 Å². The van der Waals surface area contributed by atoms with E-state index in [9.17, 15) is 4.57 Å². The number of phosphoric acid groups is 1. The van der Waals surface area contributed by atoms with Gasteiger partial charge in [-0.25, -0.2) is 9.45 Å². The highest BCUT2D eigenvalue weighted by Gasteiger charge is 2.20. The molecule has 0 aromatic carbocycles. The van der Waals surface area contributed by atoms with E-state index in [1.54, 1.807) is 6.92 Å². The lowest BCUT2D eigenvalue weighted by molar-refractivity contribution is -0.224. The first kappa shape index (κ1) is 20.1. The number of phosphoric ester groups is 1. The molecule has 0 bridgehead atoms. The zero-order valence-electron chi connectivity index (χ0n) is 8.17. The SMILES string of the molecule is CCCCOOP(=O)(O)OCC.Cl.Cl. The van der Waals surface area contributed by atoms with Crippen molar-refractivity contribution >= 4 is 32.6 Å². The number of rotatable bonds is 7. The highest BCUT2D eigenvalue weighted by Crippen LogP contribution is 2.42. The van der Waals surface area contributed by atoms with Crippen molar-refractivity contribution in [2.75, 3.05) is 13.2 Å². The first-order valence-corrected chi connectivity index (χ1v) is 5.40. The molecule has 0 aromatic heterocycles. The van der Waals surface area contributed by atoms with Crippen LogP contribution in [-0.4, -0.2) is 18.1 Å². The summed E-state index contributed by atoms with van der Waals surface area (Å²) in [5.74, 6) is 0. The van der Waals surface area contributed by atoms with Gasteiger partial charge in [-0.1, -0.05) is 13.3 Å². The third kappa shape index (κ3) is 12.7. The number of halogens is 2. The van der Waals surface area contributed by atoms with Crippen LogP contribution in [0.2, 0.25) is 0 Å². The van der Waals surface area contributed by atoms with Crippen molar-refractivity contribution in [2.24, 2.45) is 0 Å². The van der Waals surface area contributed by atoms with E-state index in [0.29, 0.717) is 6.61 Å². The predicted octanol–water partition coefficient (Wildman–Crippen LogP) is 2.72. The molecule has 0 spiro atoms. The lowest BCUT2D eigenvalue weighted by atomic mass is 10.4. The van der Waals surface area contributed by atoms with Crippen molar-refractivity contribution in [3.05, 3.63) is 0 Å². The number of hydrogen-bond donors (Lipinski definition) is 1. The Hall–Kier alpha value is 0.650. The molecule has 5 nitrogen and oxygen atoms in total. The summed E-state index contributed by atoms with van der Waals surface area (Å²) in [6.45, 7) is 3.99. The first-order valence-electron chi connectivity index (χ1n) is 3.91. The fourth-order valence-corrected chi connectivity index (χ4v) is 1.07. The highest BCUT2D eigenvalue weighted by molar-refractivity contribution is 7.47. The second kappa shape index (κ2) is 11.7. The molecule has 0 aromatic rings. The van der Waals surface area contributed by atoms with Gasteiger partial charge in [0.2, 0.25) is 0 Å². The van der Waals surface area contributed by atoms with Crippen molar-refractivity contribution in [1.29, 1.82) is 0 Å². The van der Waals surface area contributed by atoms with Crippen LogP contribution in [0.15, 0.2) is 0 Å². The molecule has 8 heteroatoms. The normalized spacial score (nSPS) is 13.6. The molecule has 14 heavy (non-hydrogen) atoms. The van der Waals surface area contributed by atoms with Crippen LogP contribution in [0.25, 0.3) is 0 Å². The van der Waals surface area contributed by atoms with Crippen LogP contribution in [0.3, 0.4) is 0 Å². The summed E-state index contributed by atoms with van der Waals surface area (Å²) < 4.78 is 19.3. The molecule has 1 unspecified atom stereocenters. The molecule has 0 saturated carbocycles. The lowest BCUT2D eigenvalue weighted by Crippen LogP contribution is -1.97. The summed E-state index contributed by atoms with van der Waals surface area (Å²) >= 11 is 0. The van der Waals surface area contributed by atoms with Crippen molar-refractivity contribution < 1.29 is 23.5 Å². The zero-order valence-corrected chi connectivity index (χ0v) is 10.7. The zero-order chi connectivity index (χ0) is 9.45. The quantitative estimate of drug-likeness (QED) is 0.334. The molecule has 0 amide bonds. The summed E-state index contributed by atoms with van der Waals surface area (Å²) in [7, 11) is -3.95. The monoisotopic (exact) mass is 270 g/mol. The summed E-state index contributed by atoms with van der Waals surface area (Å²) in [5, 5.41) is 0. The third-order valence-corrected chi connectivity index (χ3v) is 1.90. The number of unbranched alkanes of at least 4 members (excludes halogenated alkanes) is 1. The summed E-state index contributed by atoms with van der Waals surface area (Å²) in [6.07, 6.45) is 1.72. The Morgan fingerprint density at radius 2 is 1.86 bits per heavy atom. The largest absolute Gasteiger partial charge is 0.499 e. The molecule has 0 fully saturated rings. The Bertz CT molecular complexity index is 157. The fraction of sp³-hybridized carbons (Fsp3) is 1.00. The molecule has 0 aliphatic heterocycles. The van der Waals surface area contributed by atoms with E-state index < -0.39 is 7.82 Å². The van der Waals surface area contributed by atoms with E-state index in [1.165, 1.54) is 0 Å². The van der Waals surface area contributed by atoms with Crippen LogP contribution in [0, 0.1) is 0 Å². The lowest BCUT2D eigenvalue weighted by Gasteiger charge is -2.08. The van der Waals surface area contributed by atoms with Gasteiger partial charge in [0.15, 0.2) is 0 Å². The molecule has 1 N–H and O–H groups in total. The summed E-state index contributed by atoms with van der Waals surface area (Å²) in [6, 6.07) is 0. The standard InChI is InChI=1S/C6H15O5P.2ClH/c1-3-5-6-9-11-12(7,8)10-4-2;;/h3-6H2,1-2H3,(H,7,8);2*1H. The summed E-state index contributed by atoms with van der Waals surface area (Å²) in [4.78, 5) is 13.3. The molecule has 90 valence electrons. The van der Waals surface area contributed by atoms with Crippen molar-refractivity contribution in [3.63, 3.8) is 0 Å². The molecule has 0 aliphatic rings. The van der Waals surface area contributed by atoms with Crippen molar-refractivity contribution in [3.8, 4) is 0 Å². The molecule has 0 heterocycles. The van der Waals surface area contributed by atoms with Crippen LogP contribution < -0.4 is 0 Å². The van der Waals surface area contributed by atoms with Crippen molar-refractivity contribution in [2.45, 2.75) is 26.7 Å². The minimum absolute atomic E-state index is 0. The Balaban J connectivity index is -0.000000605. The van der Waals surface area contributed by atoms with Crippen molar-refractivity contribution in [1.82, 2.24) is 0 Å². The van der Waals surface area contributed by atoms with Gasteiger partial charge in [-0.2, -0.15) is 0 Å². The molecular weight excluding hydrogens is 254 g/mol. The van der Waals surface area contributed by atoms with E-state index in [4.69, 9.17) is 4.89 Å². The minimum Gasteiger partial charge on any atom is -0.301 e. The van der Waals surface area contributed by atoms with Gasteiger partial charge in [0.25, 0.3) is 0 Å². The summed E-state index contributed by atoms with van der Waals surface area (Å²) in [5.41, 5.74) is 0. The first-order chi connectivity index (χ1) is 5.62. The van der Waals surface area contributed by atoms with Gasteiger partial charge in [-0.3, -0.25) is 4.52 Å². The maximum atomic E-state index is 10.8. The second-order valence-electron chi connectivity index (χ2n) is 2.14. The Morgan fingerprint density at radius 1 is 1.29 bits per heavy atom. The van der Waals surface area contributed by atoms with Gasteiger partial charge < -0.3 is 4.89 Å².